The van der Waals surface area contributed by atoms with E-state index >= 15 is 0 Å². The molecule has 24 heavy (non-hydrogen) atoms. The van der Waals surface area contributed by atoms with Crippen molar-refractivity contribution < 1.29 is 0 Å². The first kappa shape index (κ1) is 22.0. The van der Waals surface area contributed by atoms with Crippen LogP contribution in [0.15, 0.2) is 0 Å². The lowest BCUT2D eigenvalue weighted by Crippen LogP contribution is -2.43. The van der Waals surface area contributed by atoms with Gasteiger partial charge in [0.1, 0.15) is 15.2 Å². The molecule has 0 nitrogen and oxygen atoms in total. The van der Waals surface area contributed by atoms with E-state index in [2.05, 4.69) is 42.2 Å². The zero-order valence-electron chi connectivity index (χ0n) is 13.0. The second kappa shape index (κ2) is 9.84. The van der Waals surface area contributed by atoms with Crippen LogP contribution in [0.1, 0.15) is 39.0 Å². The molecular weight excluding hydrogens is 502 g/mol. The van der Waals surface area contributed by atoms with E-state index in [-0.39, 0.29) is 24.9 Å². The largest absolute Gasteiger partial charge is 0.128 e. The summed E-state index contributed by atoms with van der Waals surface area (Å²) >= 11 is 38.6. The third-order valence-corrected chi connectivity index (χ3v) is 17.1. The molecule has 0 spiro atoms. The molecule has 0 aromatic rings. The van der Waals surface area contributed by atoms with Crippen molar-refractivity contribution in [1.82, 2.24) is 0 Å². The van der Waals surface area contributed by atoms with E-state index in [9.17, 15) is 0 Å². The molecule has 4 bridgehead atoms. The van der Waals surface area contributed by atoms with E-state index in [0.717, 1.165) is 32.1 Å². The van der Waals surface area contributed by atoms with Gasteiger partial charge < -0.3 is 0 Å². The Labute approximate surface area is 190 Å². The molecule has 4 rings (SSSR count). The Morgan fingerprint density at radius 1 is 0.750 bits per heavy atom. The fourth-order valence-corrected chi connectivity index (χ4v) is 23.0. The van der Waals surface area contributed by atoms with Crippen LogP contribution in [0.2, 0.25) is 0 Å². The van der Waals surface area contributed by atoms with Gasteiger partial charge in [0.15, 0.2) is 0 Å². The summed E-state index contributed by atoms with van der Waals surface area (Å²) in [6.07, 6.45) is 4.53. The minimum Gasteiger partial charge on any atom is -0.123 e. The molecular formula is C14H20Cl4S6. The molecule has 4 unspecified atom stereocenters. The van der Waals surface area contributed by atoms with Crippen LogP contribution >= 0.6 is 117 Å². The van der Waals surface area contributed by atoms with E-state index < -0.39 is 0 Å². The molecule has 4 heterocycles. The highest BCUT2D eigenvalue weighted by atomic mass is 35.5. The summed E-state index contributed by atoms with van der Waals surface area (Å²) in [6, 6.07) is 0. The van der Waals surface area contributed by atoms with E-state index in [1.54, 1.807) is 0 Å². The number of hydrogen-bond acceptors (Lipinski definition) is 6. The maximum atomic E-state index is 6.89. The fourth-order valence-electron chi connectivity index (χ4n) is 2.79. The van der Waals surface area contributed by atoms with Crippen molar-refractivity contribution >= 4 is 117 Å². The minimum atomic E-state index is 0.0169. The summed E-state index contributed by atoms with van der Waals surface area (Å²) in [6.45, 7) is 2.15. The van der Waals surface area contributed by atoms with Gasteiger partial charge in [-0.15, -0.1) is 117 Å². The highest BCUT2D eigenvalue weighted by molar-refractivity contribution is 8.63. The average Bonchev–Trinajstić information content (AvgIpc) is 2.45. The molecule has 140 valence electrons. The predicted octanol–water partition coefficient (Wildman–Crippen LogP) is 8.33. The Morgan fingerprint density at radius 3 is 1.71 bits per heavy atom. The van der Waals surface area contributed by atoms with E-state index in [1.807, 2.05) is 35.3 Å². The topological polar surface area (TPSA) is 0 Å². The van der Waals surface area contributed by atoms with Crippen molar-refractivity contribution in [2.45, 2.75) is 75.7 Å². The van der Waals surface area contributed by atoms with E-state index in [1.165, 1.54) is 0 Å². The lowest BCUT2D eigenvalue weighted by molar-refractivity contribution is 0.586. The maximum Gasteiger partial charge on any atom is 0.128 e. The van der Waals surface area contributed by atoms with Crippen molar-refractivity contribution in [2.24, 2.45) is 0 Å². The maximum absolute atomic E-state index is 6.89. The highest BCUT2D eigenvalue weighted by Gasteiger charge is 2.58. The fraction of sp³-hybridized carbons (Fsp3) is 1.00. The molecule has 4 atom stereocenters. The Hall–Kier alpha value is 3.26. The van der Waals surface area contributed by atoms with Crippen LogP contribution in [0.5, 0.6) is 0 Å². The summed E-state index contributed by atoms with van der Waals surface area (Å²) in [4.78, 5) is 0. The molecule has 0 aliphatic carbocycles. The van der Waals surface area contributed by atoms with Crippen LogP contribution in [-0.4, -0.2) is 36.7 Å². The quantitative estimate of drug-likeness (QED) is 0.277. The average molecular weight is 523 g/mol. The van der Waals surface area contributed by atoms with Crippen LogP contribution in [0.25, 0.3) is 0 Å². The lowest BCUT2D eigenvalue weighted by atomic mass is 10.1. The van der Waals surface area contributed by atoms with Gasteiger partial charge in [-0.05, 0) is 25.7 Å². The van der Waals surface area contributed by atoms with Gasteiger partial charge in [-0.25, -0.2) is 0 Å². The molecule has 0 N–H and O–H groups in total. The second-order valence-corrected chi connectivity index (χ2v) is 19.5. The lowest BCUT2D eigenvalue weighted by Gasteiger charge is -2.54. The smallest absolute Gasteiger partial charge is 0.123 e. The Kier molecular flexibility index (Phi) is 9.00. The number of thioether (sulfide) groups is 6. The Balaban J connectivity index is 1.48. The van der Waals surface area contributed by atoms with Crippen molar-refractivity contribution in [3.63, 3.8) is 0 Å². The Bertz CT molecular complexity index is 393. The van der Waals surface area contributed by atoms with Crippen molar-refractivity contribution in [3.05, 3.63) is 0 Å². The number of alkyl halides is 4. The molecule has 4 fully saturated rings. The first-order valence-corrected chi connectivity index (χ1v) is 15.2. The molecule has 0 radical (unpaired) electrons. The predicted molar refractivity (Wildman–Crippen MR) is 127 cm³/mol. The van der Waals surface area contributed by atoms with E-state index in [0.29, 0.717) is 11.7 Å². The van der Waals surface area contributed by atoms with Crippen LogP contribution < -0.4 is 0 Å². The molecule has 0 aromatic heterocycles. The van der Waals surface area contributed by atoms with Gasteiger partial charge >= 0.3 is 0 Å². The summed E-state index contributed by atoms with van der Waals surface area (Å²) in [5, 5.41) is 0.283. The first-order valence-electron chi connectivity index (χ1n) is 7.96. The molecule has 4 aliphatic rings. The van der Waals surface area contributed by atoms with Gasteiger partial charge in [0.2, 0.25) is 0 Å². The number of halogens is 4. The van der Waals surface area contributed by atoms with Crippen LogP contribution in [0.4, 0.5) is 0 Å². The number of hydrogen-bond donors (Lipinski definition) is 0. The molecule has 4 aliphatic heterocycles. The highest BCUT2D eigenvalue weighted by Crippen LogP contribution is 2.78. The summed E-state index contributed by atoms with van der Waals surface area (Å²) in [5.74, 6) is 0. The summed E-state index contributed by atoms with van der Waals surface area (Å²) < 4.78 is 1.96. The molecule has 0 amide bonds. The summed E-state index contributed by atoms with van der Waals surface area (Å²) in [7, 11) is 0. The van der Waals surface area contributed by atoms with Gasteiger partial charge in [0, 0.05) is 16.1 Å². The SMILES string of the molecule is CCCC(Cl)CC(Cl)CC(Cl)CC(Cl)C12SC3SC(SC(S3)S1)S2. The standard InChI is InChI=1S/C14H20Cl4S6/c1-2-3-7(15)4-8(16)5-9(17)6-10(18)14-22-11-19-12(23-14)21-13(20-11)24-14/h7-13H,2-6H2,1H3. The molecule has 0 saturated carbocycles. The van der Waals surface area contributed by atoms with E-state index in [4.69, 9.17) is 46.4 Å². The molecule has 10 heteroatoms. The third-order valence-electron chi connectivity index (χ3n) is 3.92. The van der Waals surface area contributed by atoms with Crippen LogP contribution in [0, 0.1) is 0 Å². The zero-order valence-corrected chi connectivity index (χ0v) is 21.0. The zero-order chi connectivity index (χ0) is 17.3. The summed E-state index contributed by atoms with van der Waals surface area (Å²) in [5.41, 5.74) is 0. The van der Waals surface area contributed by atoms with Crippen molar-refractivity contribution in [3.8, 4) is 0 Å². The molecule has 4 saturated heterocycles. The van der Waals surface area contributed by atoms with Crippen LogP contribution in [-0.2, 0) is 0 Å². The minimum absolute atomic E-state index is 0.0169. The monoisotopic (exact) mass is 520 g/mol. The van der Waals surface area contributed by atoms with Gasteiger partial charge in [-0.3, -0.25) is 0 Å². The second-order valence-electron chi connectivity index (χ2n) is 5.99. The van der Waals surface area contributed by atoms with Crippen molar-refractivity contribution in [1.29, 1.82) is 0 Å². The van der Waals surface area contributed by atoms with Gasteiger partial charge in [0.05, 0.1) is 5.38 Å². The van der Waals surface area contributed by atoms with Gasteiger partial charge in [-0.2, -0.15) is 0 Å². The Morgan fingerprint density at radius 2 is 1.21 bits per heavy atom. The molecule has 0 aromatic carbocycles. The normalized spacial score (nSPS) is 39.6. The van der Waals surface area contributed by atoms with Crippen molar-refractivity contribution in [2.75, 3.05) is 0 Å². The van der Waals surface area contributed by atoms with Crippen LogP contribution in [0.3, 0.4) is 0 Å². The third kappa shape index (κ3) is 5.66. The number of rotatable bonds is 9. The van der Waals surface area contributed by atoms with Gasteiger partial charge in [0.25, 0.3) is 0 Å². The van der Waals surface area contributed by atoms with Gasteiger partial charge in [-0.1, -0.05) is 13.3 Å². The first-order chi connectivity index (χ1) is 11.4.